The number of carbonyl (C=O) groups is 1. The molecule has 0 radical (unpaired) electrons. The number of primary amides is 1. The van der Waals surface area contributed by atoms with Gasteiger partial charge in [0.2, 0.25) is 5.91 Å². The third-order valence-corrected chi connectivity index (χ3v) is 4.86. The average molecular weight is 312 g/mol. The van der Waals surface area contributed by atoms with E-state index in [9.17, 15) is 4.79 Å². The van der Waals surface area contributed by atoms with Crippen LogP contribution in [0.5, 0.6) is 0 Å². The van der Waals surface area contributed by atoms with Crippen LogP contribution in [0.2, 0.25) is 0 Å². The predicted molar refractivity (Wildman–Crippen MR) is 88.2 cm³/mol. The van der Waals surface area contributed by atoms with Gasteiger partial charge in [0.25, 0.3) is 0 Å². The first-order valence-corrected chi connectivity index (χ1v) is 7.25. The molecule has 1 aromatic rings. The molecule has 1 amide bonds. The maximum Gasteiger partial charge on any atom is 0.234 e. The summed E-state index contributed by atoms with van der Waals surface area (Å²) in [6.07, 6.45) is 3.90. The summed E-state index contributed by atoms with van der Waals surface area (Å²) in [4.78, 5) is 13.6. The van der Waals surface area contributed by atoms with Crippen molar-refractivity contribution in [3.05, 3.63) is 35.9 Å². The van der Waals surface area contributed by atoms with E-state index in [2.05, 4.69) is 43.3 Å². The van der Waals surface area contributed by atoms with Crippen LogP contribution in [0.4, 0.5) is 0 Å². The smallest absolute Gasteiger partial charge is 0.234 e. The highest BCUT2D eigenvalue weighted by Crippen LogP contribution is 2.43. The highest BCUT2D eigenvalue weighted by Gasteiger charge is 2.40. The van der Waals surface area contributed by atoms with Gasteiger partial charge in [-0.1, -0.05) is 30.3 Å². The molecule has 1 aliphatic carbocycles. The zero-order valence-corrected chi connectivity index (χ0v) is 13.6. The lowest BCUT2D eigenvalue weighted by atomic mass is 9.70. The molecule has 2 rings (SSSR count). The zero-order valence-electron chi connectivity index (χ0n) is 12.8. The van der Waals surface area contributed by atoms with Gasteiger partial charge in [0, 0.05) is 5.54 Å². The van der Waals surface area contributed by atoms with Gasteiger partial charge in [0.05, 0.1) is 6.04 Å². The number of nitrogens with two attached hydrogens (primary N) is 2. The monoisotopic (exact) mass is 311 g/mol. The van der Waals surface area contributed by atoms with Crippen molar-refractivity contribution in [1.29, 1.82) is 0 Å². The maximum atomic E-state index is 11.3. The van der Waals surface area contributed by atoms with Gasteiger partial charge < -0.3 is 11.5 Å². The van der Waals surface area contributed by atoms with Crippen LogP contribution >= 0.6 is 12.4 Å². The van der Waals surface area contributed by atoms with Crippen LogP contribution < -0.4 is 11.5 Å². The van der Waals surface area contributed by atoms with Gasteiger partial charge in [0.15, 0.2) is 0 Å². The Morgan fingerprint density at radius 3 is 2.19 bits per heavy atom. The molecular weight excluding hydrogens is 286 g/mol. The van der Waals surface area contributed by atoms with Crippen molar-refractivity contribution in [2.24, 2.45) is 17.4 Å². The molecule has 0 aromatic heterocycles. The van der Waals surface area contributed by atoms with Crippen LogP contribution in [0.15, 0.2) is 30.3 Å². The van der Waals surface area contributed by atoms with Gasteiger partial charge in [0.1, 0.15) is 0 Å². The van der Waals surface area contributed by atoms with E-state index in [1.807, 2.05) is 6.07 Å². The van der Waals surface area contributed by atoms with Gasteiger partial charge in [-0.25, -0.2) is 0 Å². The minimum atomic E-state index is -0.508. The van der Waals surface area contributed by atoms with E-state index in [1.165, 1.54) is 5.56 Å². The SMILES string of the molecule is CN(C)C1(c2ccccc2)CCC(C(N)C(N)=O)CC1.Cl. The third kappa shape index (κ3) is 3.57. The lowest BCUT2D eigenvalue weighted by Crippen LogP contribution is -2.49. The van der Waals surface area contributed by atoms with E-state index in [-0.39, 0.29) is 29.8 Å². The molecule has 1 aliphatic rings. The summed E-state index contributed by atoms with van der Waals surface area (Å²) in [5.74, 6) is -0.170. The van der Waals surface area contributed by atoms with Crippen LogP contribution in [0, 0.1) is 5.92 Å². The van der Waals surface area contributed by atoms with Gasteiger partial charge in [-0.3, -0.25) is 9.69 Å². The second kappa shape index (κ2) is 7.25. The van der Waals surface area contributed by atoms with E-state index in [0.717, 1.165) is 25.7 Å². The van der Waals surface area contributed by atoms with Crippen LogP contribution in [-0.2, 0) is 10.3 Å². The van der Waals surface area contributed by atoms with Crippen molar-refractivity contribution >= 4 is 18.3 Å². The normalized spacial score (nSPS) is 27.0. The molecular formula is C16H26ClN3O. The molecule has 118 valence electrons. The standard InChI is InChI=1S/C16H25N3O.ClH/c1-19(2)16(13-6-4-3-5-7-13)10-8-12(9-11-16)14(17)15(18)20;/h3-7,12,14H,8-11,17H2,1-2H3,(H2,18,20);1H. The van der Waals surface area contributed by atoms with E-state index in [4.69, 9.17) is 11.5 Å². The molecule has 0 spiro atoms. The van der Waals surface area contributed by atoms with Crippen molar-refractivity contribution < 1.29 is 4.79 Å². The average Bonchev–Trinajstić information content (AvgIpc) is 2.47. The third-order valence-electron chi connectivity index (χ3n) is 4.86. The summed E-state index contributed by atoms with van der Waals surface area (Å²) < 4.78 is 0. The second-order valence-electron chi connectivity index (χ2n) is 6.06. The van der Waals surface area contributed by atoms with E-state index < -0.39 is 6.04 Å². The first kappa shape index (κ1) is 18.0. The molecule has 1 aromatic carbocycles. The second-order valence-corrected chi connectivity index (χ2v) is 6.06. The Morgan fingerprint density at radius 1 is 1.24 bits per heavy atom. The molecule has 4 nitrogen and oxygen atoms in total. The number of nitrogens with zero attached hydrogens (tertiary/aromatic N) is 1. The Labute approximate surface area is 133 Å². The largest absolute Gasteiger partial charge is 0.368 e. The summed E-state index contributed by atoms with van der Waals surface area (Å²) in [6.45, 7) is 0. The summed E-state index contributed by atoms with van der Waals surface area (Å²) in [5, 5.41) is 0. The molecule has 21 heavy (non-hydrogen) atoms. The molecule has 1 saturated carbocycles. The fraction of sp³-hybridized carbons (Fsp3) is 0.562. The lowest BCUT2D eigenvalue weighted by Gasteiger charge is -2.46. The Balaban J connectivity index is 0.00000220. The highest BCUT2D eigenvalue weighted by atomic mass is 35.5. The summed E-state index contributed by atoms with van der Waals surface area (Å²) in [5.41, 5.74) is 12.6. The Kier molecular flexibility index (Phi) is 6.20. The Morgan fingerprint density at radius 2 is 1.76 bits per heavy atom. The van der Waals surface area contributed by atoms with Crippen molar-refractivity contribution in [1.82, 2.24) is 4.90 Å². The van der Waals surface area contributed by atoms with E-state index >= 15 is 0 Å². The van der Waals surface area contributed by atoms with Gasteiger partial charge in [-0.2, -0.15) is 0 Å². The summed E-state index contributed by atoms with van der Waals surface area (Å²) in [6, 6.07) is 10.1. The number of rotatable bonds is 4. The highest BCUT2D eigenvalue weighted by molar-refractivity contribution is 5.85. The van der Waals surface area contributed by atoms with Crippen molar-refractivity contribution in [2.75, 3.05) is 14.1 Å². The predicted octanol–water partition coefficient (Wildman–Crippen LogP) is 1.87. The molecule has 1 unspecified atom stereocenters. The fourth-order valence-electron chi connectivity index (χ4n) is 3.45. The van der Waals surface area contributed by atoms with Gasteiger partial charge >= 0.3 is 0 Å². The summed E-state index contributed by atoms with van der Waals surface area (Å²) >= 11 is 0. The van der Waals surface area contributed by atoms with E-state index in [1.54, 1.807) is 0 Å². The molecule has 0 heterocycles. The lowest BCUT2D eigenvalue weighted by molar-refractivity contribution is -0.121. The fourth-order valence-corrected chi connectivity index (χ4v) is 3.45. The first-order valence-electron chi connectivity index (χ1n) is 7.25. The molecule has 0 aliphatic heterocycles. The van der Waals surface area contributed by atoms with Crippen LogP contribution in [0.3, 0.4) is 0 Å². The van der Waals surface area contributed by atoms with Gasteiger partial charge in [-0.15, -0.1) is 12.4 Å². The number of benzene rings is 1. The Bertz CT molecular complexity index is 456. The first-order chi connectivity index (χ1) is 9.47. The van der Waals surface area contributed by atoms with Crippen molar-refractivity contribution in [2.45, 2.75) is 37.3 Å². The quantitative estimate of drug-likeness (QED) is 0.891. The van der Waals surface area contributed by atoms with Gasteiger partial charge in [-0.05, 0) is 51.3 Å². The zero-order chi connectivity index (χ0) is 14.8. The molecule has 1 fully saturated rings. The van der Waals surface area contributed by atoms with Crippen LogP contribution in [0.1, 0.15) is 31.2 Å². The minimum absolute atomic E-state index is 0. The molecule has 1 atom stereocenters. The number of halogens is 1. The number of hydrogen-bond acceptors (Lipinski definition) is 3. The number of carbonyl (C=O) groups excluding carboxylic acids is 1. The summed E-state index contributed by atoms with van der Waals surface area (Å²) in [7, 11) is 4.25. The molecule has 5 heteroatoms. The van der Waals surface area contributed by atoms with Crippen LogP contribution in [-0.4, -0.2) is 30.9 Å². The number of hydrogen-bond donors (Lipinski definition) is 2. The van der Waals surface area contributed by atoms with Crippen molar-refractivity contribution in [3.63, 3.8) is 0 Å². The molecule has 4 N–H and O–H groups in total. The van der Waals surface area contributed by atoms with E-state index in [0.29, 0.717) is 0 Å². The maximum absolute atomic E-state index is 11.3. The Hall–Kier alpha value is -1.10. The minimum Gasteiger partial charge on any atom is -0.368 e. The van der Waals surface area contributed by atoms with Crippen molar-refractivity contribution in [3.8, 4) is 0 Å². The molecule has 0 saturated heterocycles. The topological polar surface area (TPSA) is 72.3 Å². The van der Waals surface area contributed by atoms with Crippen LogP contribution in [0.25, 0.3) is 0 Å². The number of amides is 1. The molecule has 0 bridgehead atoms.